The number of para-hydroxylation sites is 2. The first-order chi connectivity index (χ1) is 38.8. The maximum absolute atomic E-state index is 10.2. The number of fused-ring (bicyclic) bond motifs is 9. The van der Waals surface area contributed by atoms with E-state index in [9.17, 15) is 23.3 Å². The van der Waals surface area contributed by atoms with Gasteiger partial charge in [0.2, 0.25) is 0 Å². The topological polar surface area (TPSA) is 15.7 Å². The van der Waals surface area contributed by atoms with Gasteiger partial charge in [0.25, 0.3) is 0 Å². The molecule has 0 atom stereocenters. The Morgan fingerprint density at radius 1 is 0.571 bits per heavy atom. The number of hydrogen-bond donors (Lipinski definition) is 0. The molecule has 236 valence electrons. The number of benzene rings is 7. The Labute approximate surface area is 338 Å². The summed E-state index contributed by atoms with van der Waals surface area (Å²) in [6, 6.07) is -31.4. The van der Waals surface area contributed by atoms with Gasteiger partial charge in [0.05, 0.1) is 55.6 Å². The molecule has 7 aromatic carbocycles. The van der Waals surface area contributed by atoms with Crippen molar-refractivity contribution in [3.63, 3.8) is 0 Å². The molecule has 2 aliphatic heterocycles. The fourth-order valence-corrected chi connectivity index (χ4v) is 6.32. The zero-order valence-electron chi connectivity index (χ0n) is 60.3. The summed E-state index contributed by atoms with van der Waals surface area (Å²) in [5, 5.41) is -1.66. The van der Waals surface area contributed by atoms with Crippen molar-refractivity contribution in [1.29, 1.82) is 0 Å². The Balaban J connectivity index is 1.59. The van der Waals surface area contributed by atoms with Crippen molar-refractivity contribution in [2.75, 3.05) is 9.80 Å². The maximum atomic E-state index is 10.2. The SMILES string of the molecule is [2H]c1c([2H])c([2H])c(N(c2c([2H])c([2H])c3c(c2[2H])C(C([2H])([2H])[2H])(C([2H])([2H])[2H])c2c([2H])c([2H])c([2H])c([2H])c2-3)c2c([2H])c([2H])c3c4c2C(C([2H])([2H])[2H])(C([2H])([2H])[2H])c2c([2H])c([2H])c([2H])c([2H])c2N4c2c(c([2H])c([2H])c4c([2H])c([2H])c([2H])c([2H])c24)O3)c([2H])c1[2H]. The number of anilines is 6. The highest BCUT2D eigenvalue weighted by molar-refractivity contribution is 6.07. The predicted molar refractivity (Wildman–Crippen MR) is 203 cm³/mol. The van der Waals surface area contributed by atoms with Crippen LogP contribution in [-0.4, -0.2) is 0 Å². The summed E-state index contributed by atoms with van der Waals surface area (Å²) in [5.74, 6) is -2.24. The zero-order chi connectivity index (χ0) is 64.0. The zero-order valence-corrected chi connectivity index (χ0v) is 24.3. The minimum atomic E-state index is -4.40. The van der Waals surface area contributed by atoms with Crippen LogP contribution in [0.1, 0.15) is 99.0 Å². The molecule has 49 heavy (non-hydrogen) atoms. The minimum Gasteiger partial charge on any atom is -0.453 e. The van der Waals surface area contributed by atoms with Gasteiger partial charge >= 0.3 is 0 Å². The molecule has 0 N–H and O–H groups in total. The molecule has 3 nitrogen and oxygen atoms in total. The number of nitrogens with zero attached hydrogens (tertiary/aromatic N) is 2. The molecule has 0 radical (unpaired) electrons. The second kappa shape index (κ2) is 9.87. The second-order valence-electron chi connectivity index (χ2n) is 11.0. The first-order valence-corrected chi connectivity index (χ1v) is 14.2. The number of rotatable bonds is 3. The number of hydrogen-bond acceptors (Lipinski definition) is 3. The molecular weight excluding hydrogens is 597 g/mol. The van der Waals surface area contributed by atoms with Crippen molar-refractivity contribution < 1.29 is 54.1 Å². The molecule has 0 amide bonds. The van der Waals surface area contributed by atoms with Crippen molar-refractivity contribution in [1.82, 2.24) is 0 Å². The van der Waals surface area contributed by atoms with Crippen LogP contribution >= 0.6 is 0 Å². The van der Waals surface area contributed by atoms with Crippen LogP contribution < -0.4 is 14.5 Å². The molecule has 2 heterocycles. The second-order valence-corrected chi connectivity index (χ2v) is 11.0. The van der Waals surface area contributed by atoms with Crippen LogP contribution in [0.5, 0.6) is 11.5 Å². The summed E-state index contributed by atoms with van der Waals surface area (Å²) < 4.78 is 338. The van der Waals surface area contributed by atoms with Gasteiger partial charge in [-0.05, 0) is 81.5 Å². The Hall–Kier alpha value is -5.80. The maximum Gasteiger partial charge on any atom is 0.152 e. The van der Waals surface area contributed by atoms with Crippen LogP contribution in [-0.2, 0) is 10.8 Å². The highest BCUT2D eigenvalue weighted by Gasteiger charge is 2.45. The molecule has 3 heteroatoms. The van der Waals surface area contributed by atoms with Crippen molar-refractivity contribution in [2.45, 2.75) is 38.2 Å². The van der Waals surface area contributed by atoms with Crippen LogP contribution in [0.25, 0.3) is 21.9 Å². The van der Waals surface area contributed by atoms with Crippen molar-refractivity contribution >= 4 is 44.9 Å². The van der Waals surface area contributed by atoms with E-state index in [0.29, 0.717) is 4.90 Å². The molecule has 10 rings (SSSR count). The molecule has 0 spiro atoms. The average Bonchev–Trinajstić information content (AvgIpc) is 1.59. The summed E-state index contributed by atoms with van der Waals surface area (Å²) in [4.78, 5) is 0.508. The Bertz CT molecular complexity index is 4230. The van der Waals surface area contributed by atoms with E-state index in [2.05, 4.69) is 0 Å². The Morgan fingerprint density at radius 2 is 1.27 bits per heavy atom. The number of ether oxygens (including phenoxy) is 1. The average molecular weight is 669 g/mol. The summed E-state index contributed by atoms with van der Waals surface area (Å²) in [5.41, 5.74) is -24.3. The molecule has 0 bridgehead atoms. The van der Waals surface area contributed by atoms with Crippen molar-refractivity contribution in [3.8, 4) is 22.6 Å². The molecule has 0 fully saturated rings. The normalized spacial score (nSPS) is 26.9. The van der Waals surface area contributed by atoms with E-state index in [4.69, 9.17) is 30.8 Å². The Morgan fingerprint density at radius 3 is 2.12 bits per heavy atom. The van der Waals surface area contributed by atoms with E-state index >= 15 is 0 Å². The molecule has 0 unspecified atom stereocenters. The van der Waals surface area contributed by atoms with E-state index < -0.39 is 273 Å². The van der Waals surface area contributed by atoms with E-state index in [1.165, 1.54) is 0 Å². The monoisotopic (exact) mass is 669 g/mol. The van der Waals surface area contributed by atoms with Gasteiger partial charge in [-0.25, -0.2) is 0 Å². The summed E-state index contributed by atoms with van der Waals surface area (Å²) >= 11 is 0. The molecule has 7 aromatic rings. The van der Waals surface area contributed by atoms with Gasteiger partial charge in [-0.15, -0.1) is 0 Å². The van der Waals surface area contributed by atoms with E-state index in [-0.39, 0.29) is 4.90 Å². The van der Waals surface area contributed by atoms with Crippen LogP contribution in [0.4, 0.5) is 34.1 Å². The van der Waals surface area contributed by atoms with Crippen LogP contribution in [0.3, 0.4) is 0 Å². The van der Waals surface area contributed by atoms with Gasteiger partial charge < -0.3 is 14.5 Å². The van der Waals surface area contributed by atoms with Gasteiger partial charge in [-0.2, -0.15) is 0 Å². The van der Waals surface area contributed by atoms with Gasteiger partial charge in [-0.3, -0.25) is 0 Å². The van der Waals surface area contributed by atoms with Gasteiger partial charge in [0.1, 0.15) is 0 Å². The lowest BCUT2D eigenvalue weighted by Gasteiger charge is -2.47. The third kappa shape index (κ3) is 3.79. The Kier molecular flexibility index (Phi) is 1.99. The van der Waals surface area contributed by atoms with E-state index in [1.54, 1.807) is 0 Å². The van der Waals surface area contributed by atoms with Crippen LogP contribution in [0.15, 0.2) is 145 Å². The van der Waals surface area contributed by atoms with Crippen LogP contribution in [0, 0.1) is 0 Å². The predicted octanol–water partition coefficient (Wildman–Crippen LogP) is 12.8. The highest BCUT2D eigenvalue weighted by Crippen LogP contribution is 2.64. The highest BCUT2D eigenvalue weighted by atomic mass is 16.5. The van der Waals surface area contributed by atoms with Crippen molar-refractivity contribution in [3.05, 3.63) is 167 Å². The summed E-state index contributed by atoms with van der Waals surface area (Å²) in [6.45, 7) is -17.1. The third-order valence-electron chi connectivity index (χ3n) is 8.36. The van der Waals surface area contributed by atoms with Gasteiger partial charge in [-0.1, -0.05) is 124 Å². The smallest absolute Gasteiger partial charge is 0.152 e. The van der Waals surface area contributed by atoms with E-state index in [0.717, 1.165) is 0 Å². The largest absolute Gasteiger partial charge is 0.453 e. The molecule has 0 aromatic heterocycles. The van der Waals surface area contributed by atoms with E-state index in [1.807, 2.05) is 0 Å². The molecule has 3 aliphatic rings. The quantitative estimate of drug-likeness (QED) is 0.186. The fourth-order valence-electron chi connectivity index (χ4n) is 6.32. The summed E-state index contributed by atoms with van der Waals surface area (Å²) in [7, 11) is 0. The standard InChI is InChI=1S/C46H36N2O/c1-45(2)35-19-11-10-18-33(35)34-24-23-31(28-37(34)45)47(30-15-6-5-7-16-30)39-25-27-41-44-42(39)46(3,4)36-20-12-13-21-38(36)48(44)43-32-17-9-8-14-29(32)22-26-40(43)49-41/h5-28H,1-4H3/i1D3,2D3,3D3,4D3,5D,6D,7D,8D,9D,10D,11D,12D,13D,14D,15D,16D,17D,18D,19D,20D,21D,22D,23D,24D,25D,26D,27D,28D. The molecule has 0 saturated carbocycles. The first kappa shape index (κ1) is 9.89. The van der Waals surface area contributed by atoms with Gasteiger partial charge in [0.15, 0.2) is 11.5 Å². The molecular formula is C46H36N2O. The lowest BCUT2D eigenvalue weighted by molar-refractivity contribution is 0.472. The summed E-state index contributed by atoms with van der Waals surface area (Å²) in [6.07, 6.45) is 0. The molecule has 0 saturated heterocycles. The molecule has 1 aliphatic carbocycles. The fraction of sp³-hybridized carbons (Fsp3) is 0.130. The van der Waals surface area contributed by atoms with Crippen molar-refractivity contribution in [2.24, 2.45) is 0 Å². The lowest BCUT2D eigenvalue weighted by atomic mass is 9.72. The minimum absolute atomic E-state index is 0.00459. The van der Waals surface area contributed by atoms with Gasteiger partial charge in [0, 0.05) is 49.6 Å². The van der Waals surface area contributed by atoms with Crippen LogP contribution in [0.2, 0.25) is 0 Å². The first-order valence-electron chi connectivity index (χ1n) is 32.2. The third-order valence-corrected chi connectivity index (χ3v) is 8.36. The lowest BCUT2D eigenvalue weighted by Crippen LogP contribution is -2.34.